The molecule has 0 aliphatic heterocycles. The first-order valence-corrected chi connectivity index (χ1v) is 7.12. The molecule has 1 aromatic heterocycles. The van der Waals surface area contributed by atoms with E-state index in [9.17, 15) is 18.0 Å². The molecule has 0 saturated carbocycles. The molecule has 25 heavy (non-hydrogen) atoms. The van der Waals surface area contributed by atoms with Crippen molar-refractivity contribution in [2.24, 2.45) is 0 Å². The van der Waals surface area contributed by atoms with Crippen molar-refractivity contribution in [1.29, 1.82) is 0 Å². The highest BCUT2D eigenvalue weighted by molar-refractivity contribution is 5.94. The van der Waals surface area contributed by atoms with Crippen LogP contribution in [0.15, 0.2) is 61.3 Å². The topological polar surface area (TPSA) is 51.7 Å². The molecule has 0 spiro atoms. The predicted molar refractivity (Wildman–Crippen MR) is 82.8 cm³/mol. The molecule has 0 radical (unpaired) electrons. The van der Waals surface area contributed by atoms with Crippen LogP contribution in [0.1, 0.15) is 21.5 Å². The van der Waals surface area contributed by atoms with E-state index < -0.39 is 23.2 Å². The summed E-state index contributed by atoms with van der Waals surface area (Å²) in [5.41, 5.74) is -0.889. The lowest BCUT2D eigenvalue weighted by Crippen LogP contribution is -2.29. The third-order valence-corrected chi connectivity index (χ3v) is 3.12. The molecule has 0 aliphatic carbocycles. The molecule has 0 N–H and O–H groups in total. The average molecular weight is 352 g/mol. The van der Waals surface area contributed by atoms with Crippen LogP contribution in [-0.4, -0.2) is 23.0 Å². The quantitative estimate of drug-likeness (QED) is 0.586. The van der Waals surface area contributed by atoms with E-state index in [2.05, 4.69) is 11.6 Å². The highest BCUT2D eigenvalue weighted by atomic mass is 19.4. The van der Waals surface area contributed by atoms with E-state index in [1.165, 1.54) is 0 Å². The fraction of sp³-hybridized carbons (Fsp3) is 0.176. The molecule has 1 aromatic carbocycles. The maximum atomic E-state index is 13.0. The van der Waals surface area contributed by atoms with Gasteiger partial charge in [-0.25, -0.2) is 0 Å². The number of hydrogen-bond donors (Lipinski definition) is 0. The molecular formula is C17H15F3N2O3. The number of halogens is 3. The Bertz CT molecular complexity index is 748. The van der Waals surface area contributed by atoms with E-state index in [-0.39, 0.29) is 12.6 Å². The van der Waals surface area contributed by atoms with Crippen LogP contribution in [0.25, 0.3) is 0 Å². The number of ether oxygens (including phenoxy) is 1. The van der Waals surface area contributed by atoms with Crippen LogP contribution in [0.3, 0.4) is 0 Å². The van der Waals surface area contributed by atoms with Crippen LogP contribution in [0, 0.1) is 0 Å². The molecule has 0 unspecified atom stereocenters. The summed E-state index contributed by atoms with van der Waals surface area (Å²) in [5, 5.41) is 0.611. The number of rotatable bonds is 6. The van der Waals surface area contributed by atoms with Gasteiger partial charge in [0.15, 0.2) is 0 Å². The molecule has 1 amide bonds. The third-order valence-electron chi connectivity index (χ3n) is 3.12. The van der Waals surface area contributed by atoms with Crippen LogP contribution in [-0.2, 0) is 22.4 Å². The lowest BCUT2D eigenvalue weighted by molar-refractivity contribution is -0.140. The molecule has 0 atom stereocenters. The van der Waals surface area contributed by atoms with Crippen LogP contribution in [0.5, 0.6) is 0 Å². The molecule has 5 nitrogen and oxygen atoms in total. The molecule has 0 saturated heterocycles. The first-order valence-electron chi connectivity index (χ1n) is 7.12. The number of carbonyl (C=O) groups is 1. The average Bonchev–Trinajstić information content (AvgIpc) is 2.59. The molecule has 0 fully saturated rings. The van der Waals surface area contributed by atoms with E-state index >= 15 is 0 Å². The summed E-state index contributed by atoms with van der Waals surface area (Å²) in [4.78, 5) is 20.8. The number of pyridine rings is 1. The number of aromatic nitrogens is 1. The van der Waals surface area contributed by atoms with Gasteiger partial charge in [-0.2, -0.15) is 18.2 Å². The molecular weight excluding hydrogens is 337 g/mol. The standard InChI is InChI=1S/C17H15F3N2O3/c1-12(24-11-13-6-4-3-5-7-13)25-22(2)16(23)14-10-21-9-8-15(14)17(18,19)20/h3-10H,1,11H2,2H3. The maximum Gasteiger partial charge on any atom is 0.417 e. The lowest BCUT2D eigenvalue weighted by atomic mass is 10.1. The monoisotopic (exact) mass is 352 g/mol. The van der Waals surface area contributed by atoms with Crippen molar-refractivity contribution in [2.75, 3.05) is 7.05 Å². The van der Waals surface area contributed by atoms with Crippen molar-refractivity contribution in [3.63, 3.8) is 0 Å². The van der Waals surface area contributed by atoms with Gasteiger partial charge < -0.3 is 9.57 Å². The Morgan fingerprint density at radius 3 is 2.56 bits per heavy atom. The van der Waals surface area contributed by atoms with E-state index in [1.54, 1.807) is 0 Å². The van der Waals surface area contributed by atoms with E-state index in [0.717, 1.165) is 31.1 Å². The minimum absolute atomic E-state index is 0.141. The van der Waals surface area contributed by atoms with Crippen LogP contribution < -0.4 is 0 Å². The normalized spacial score (nSPS) is 10.9. The van der Waals surface area contributed by atoms with Crippen molar-refractivity contribution in [2.45, 2.75) is 12.8 Å². The van der Waals surface area contributed by atoms with E-state index in [0.29, 0.717) is 5.06 Å². The number of alkyl halides is 3. The Balaban J connectivity index is 2.00. The molecule has 2 aromatic rings. The molecule has 0 bridgehead atoms. The van der Waals surface area contributed by atoms with Gasteiger partial charge in [0.25, 0.3) is 11.9 Å². The number of hydroxylamine groups is 2. The second-order valence-corrected chi connectivity index (χ2v) is 4.96. The van der Waals surface area contributed by atoms with Gasteiger partial charge in [-0.1, -0.05) is 30.3 Å². The van der Waals surface area contributed by atoms with Crippen molar-refractivity contribution in [3.8, 4) is 0 Å². The summed E-state index contributed by atoms with van der Waals surface area (Å²) in [6.07, 6.45) is -2.89. The second-order valence-electron chi connectivity index (χ2n) is 4.96. The number of nitrogens with zero attached hydrogens (tertiary/aromatic N) is 2. The van der Waals surface area contributed by atoms with E-state index in [1.807, 2.05) is 30.3 Å². The minimum atomic E-state index is -4.68. The first-order chi connectivity index (χ1) is 11.8. The van der Waals surface area contributed by atoms with Crippen molar-refractivity contribution < 1.29 is 27.5 Å². The molecule has 2 rings (SSSR count). The van der Waals surface area contributed by atoms with Gasteiger partial charge in [-0.3, -0.25) is 9.78 Å². The van der Waals surface area contributed by atoms with Gasteiger partial charge in [0, 0.05) is 19.4 Å². The zero-order valence-corrected chi connectivity index (χ0v) is 13.3. The summed E-state index contributed by atoms with van der Waals surface area (Å²) in [6.45, 7) is 3.62. The second kappa shape index (κ2) is 7.69. The Labute approximate surface area is 142 Å². The summed E-state index contributed by atoms with van der Waals surface area (Å²) in [7, 11) is 1.16. The largest absolute Gasteiger partial charge is 0.459 e. The number of amides is 1. The van der Waals surface area contributed by atoms with Crippen molar-refractivity contribution in [1.82, 2.24) is 10.0 Å². The molecule has 1 heterocycles. The Morgan fingerprint density at radius 1 is 1.24 bits per heavy atom. The summed E-state index contributed by atoms with van der Waals surface area (Å²) < 4.78 is 44.1. The lowest BCUT2D eigenvalue weighted by Gasteiger charge is -2.20. The smallest absolute Gasteiger partial charge is 0.417 e. The highest BCUT2D eigenvalue weighted by Gasteiger charge is 2.36. The van der Waals surface area contributed by atoms with Crippen LogP contribution in [0.2, 0.25) is 0 Å². The molecule has 0 aliphatic rings. The molecule has 132 valence electrons. The maximum absolute atomic E-state index is 13.0. The Hall–Kier alpha value is -3.03. The Morgan fingerprint density at radius 2 is 1.92 bits per heavy atom. The van der Waals surface area contributed by atoms with Crippen molar-refractivity contribution >= 4 is 5.91 Å². The van der Waals surface area contributed by atoms with Crippen LogP contribution >= 0.6 is 0 Å². The van der Waals surface area contributed by atoms with Gasteiger partial charge in [-0.15, -0.1) is 0 Å². The fourth-order valence-corrected chi connectivity index (χ4v) is 1.94. The fourth-order valence-electron chi connectivity index (χ4n) is 1.94. The number of benzene rings is 1. The van der Waals surface area contributed by atoms with Gasteiger partial charge in [-0.05, 0) is 18.2 Å². The highest BCUT2D eigenvalue weighted by Crippen LogP contribution is 2.31. The van der Waals surface area contributed by atoms with E-state index in [4.69, 9.17) is 9.57 Å². The Kier molecular flexibility index (Phi) is 5.63. The van der Waals surface area contributed by atoms with Gasteiger partial charge in [0.05, 0.1) is 11.1 Å². The summed E-state index contributed by atoms with van der Waals surface area (Å²) in [5.74, 6) is -1.25. The summed E-state index contributed by atoms with van der Waals surface area (Å²) in [6, 6.07) is 9.83. The SMILES string of the molecule is C=C(OCc1ccccc1)ON(C)C(=O)c1cnccc1C(F)(F)F. The summed E-state index contributed by atoms with van der Waals surface area (Å²) >= 11 is 0. The van der Waals surface area contributed by atoms with Gasteiger partial charge in [0.2, 0.25) is 0 Å². The predicted octanol–water partition coefficient (Wildman–Crippen LogP) is 3.79. The van der Waals surface area contributed by atoms with Crippen LogP contribution in [0.4, 0.5) is 13.2 Å². The number of carbonyl (C=O) groups excluding carboxylic acids is 1. The zero-order chi connectivity index (χ0) is 18.4. The number of hydrogen-bond acceptors (Lipinski definition) is 4. The third kappa shape index (κ3) is 4.97. The van der Waals surface area contributed by atoms with Gasteiger partial charge in [0.1, 0.15) is 6.61 Å². The minimum Gasteiger partial charge on any atom is -0.459 e. The zero-order valence-electron chi connectivity index (χ0n) is 13.3. The van der Waals surface area contributed by atoms with Crippen molar-refractivity contribution in [3.05, 3.63) is 78.0 Å². The first kappa shape index (κ1) is 18.3. The van der Waals surface area contributed by atoms with Gasteiger partial charge >= 0.3 is 6.18 Å². The molecule has 8 heteroatoms.